The van der Waals surface area contributed by atoms with E-state index in [1.54, 1.807) is 12.4 Å². The first-order valence-electron chi connectivity index (χ1n) is 9.51. The van der Waals surface area contributed by atoms with Crippen molar-refractivity contribution in [3.05, 3.63) is 70.1 Å². The van der Waals surface area contributed by atoms with E-state index in [9.17, 15) is 4.79 Å². The highest BCUT2D eigenvalue weighted by Gasteiger charge is 2.14. The fourth-order valence-electron chi connectivity index (χ4n) is 3.76. The average Bonchev–Trinajstić information content (AvgIpc) is 3.40. The van der Waals surface area contributed by atoms with Crippen LogP contribution in [0.5, 0.6) is 0 Å². The second-order valence-corrected chi connectivity index (χ2v) is 8.05. The smallest absolute Gasteiger partial charge is 0.257 e. The number of likely N-dealkylation sites (tertiary alicyclic amines) is 1. The summed E-state index contributed by atoms with van der Waals surface area (Å²) in [6.07, 6.45) is 6.06. The molecular weight excluding hydrogens is 368 g/mol. The Kier molecular flexibility index (Phi) is 4.50. The summed E-state index contributed by atoms with van der Waals surface area (Å²) in [5.41, 5.74) is 4.35. The Morgan fingerprint density at radius 2 is 1.89 bits per heavy atom. The maximum Gasteiger partial charge on any atom is 0.257 e. The Labute approximate surface area is 166 Å². The molecule has 28 heavy (non-hydrogen) atoms. The lowest BCUT2D eigenvalue weighted by molar-refractivity contribution is 0.331. The molecule has 0 bridgehead atoms. The molecule has 1 aliphatic rings. The molecule has 0 amide bonds. The molecule has 1 N–H and O–H groups in total. The lowest BCUT2D eigenvalue weighted by atomic mass is 10.1. The van der Waals surface area contributed by atoms with Crippen molar-refractivity contribution in [2.24, 2.45) is 0 Å². The highest BCUT2D eigenvalue weighted by molar-refractivity contribution is 7.13. The number of nitrogens with zero attached hydrogens (tertiary/aromatic N) is 3. The van der Waals surface area contributed by atoms with Crippen LogP contribution in [-0.2, 0) is 6.54 Å². The number of aromatic amines is 1. The minimum atomic E-state index is -0.0996. The minimum Gasteiger partial charge on any atom is -0.321 e. The lowest BCUT2D eigenvalue weighted by Gasteiger charge is -2.14. The third-order valence-electron chi connectivity index (χ3n) is 5.22. The molecule has 1 aliphatic heterocycles. The summed E-state index contributed by atoms with van der Waals surface area (Å²) in [4.78, 5) is 26.9. The van der Waals surface area contributed by atoms with Crippen LogP contribution in [0.15, 0.2) is 59.0 Å². The molecule has 0 radical (unpaired) electrons. The van der Waals surface area contributed by atoms with Gasteiger partial charge in [0.25, 0.3) is 5.56 Å². The first-order valence-corrected chi connectivity index (χ1v) is 10.4. The van der Waals surface area contributed by atoms with E-state index in [0.29, 0.717) is 11.3 Å². The second-order valence-electron chi connectivity index (χ2n) is 7.19. The van der Waals surface area contributed by atoms with Gasteiger partial charge in [-0.25, -0.2) is 4.98 Å². The van der Waals surface area contributed by atoms with Crippen LogP contribution in [0.25, 0.3) is 32.7 Å². The second kappa shape index (κ2) is 7.30. The maximum absolute atomic E-state index is 12.7. The van der Waals surface area contributed by atoms with E-state index in [1.165, 1.54) is 29.7 Å². The van der Waals surface area contributed by atoms with Crippen LogP contribution in [0, 0.1) is 0 Å². The van der Waals surface area contributed by atoms with E-state index in [-0.39, 0.29) is 5.56 Å². The van der Waals surface area contributed by atoms with Crippen molar-refractivity contribution in [2.45, 2.75) is 19.4 Å². The number of rotatable bonds is 4. The van der Waals surface area contributed by atoms with Gasteiger partial charge in [0.15, 0.2) is 0 Å². The quantitative estimate of drug-likeness (QED) is 0.566. The van der Waals surface area contributed by atoms with E-state index in [1.807, 2.05) is 23.6 Å². The SMILES string of the molecule is O=c1[nH]c2cc(CN3CCCC3)ccc2cc1-c1csc(-c2ccncc2)n1. The number of pyridine rings is 2. The summed E-state index contributed by atoms with van der Waals surface area (Å²) < 4.78 is 0. The zero-order valence-electron chi connectivity index (χ0n) is 15.4. The Balaban J connectivity index is 1.48. The van der Waals surface area contributed by atoms with Gasteiger partial charge >= 0.3 is 0 Å². The van der Waals surface area contributed by atoms with Gasteiger partial charge < -0.3 is 4.98 Å². The Bertz CT molecular complexity index is 1180. The fraction of sp³-hybridized carbons (Fsp3) is 0.227. The minimum absolute atomic E-state index is 0.0996. The van der Waals surface area contributed by atoms with E-state index >= 15 is 0 Å². The van der Waals surface area contributed by atoms with Crippen LogP contribution in [0.4, 0.5) is 0 Å². The van der Waals surface area contributed by atoms with E-state index in [2.05, 4.69) is 38.1 Å². The van der Waals surface area contributed by atoms with Gasteiger partial charge in [-0.05, 0) is 61.1 Å². The zero-order valence-corrected chi connectivity index (χ0v) is 16.2. The number of thiazole rings is 1. The van der Waals surface area contributed by atoms with E-state index in [0.717, 1.165) is 41.1 Å². The van der Waals surface area contributed by atoms with Crippen LogP contribution < -0.4 is 5.56 Å². The molecule has 5 nitrogen and oxygen atoms in total. The number of fused-ring (bicyclic) bond motifs is 1. The largest absolute Gasteiger partial charge is 0.321 e. The zero-order chi connectivity index (χ0) is 18.9. The van der Waals surface area contributed by atoms with Crippen molar-refractivity contribution in [3.8, 4) is 21.8 Å². The summed E-state index contributed by atoms with van der Waals surface area (Å²) in [7, 11) is 0. The molecule has 0 aliphatic carbocycles. The first kappa shape index (κ1) is 17.3. The van der Waals surface area contributed by atoms with Gasteiger partial charge in [0, 0.05) is 35.4 Å². The summed E-state index contributed by atoms with van der Waals surface area (Å²) in [5.74, 6) is 0. The van der Waals surface area contributed by atoms with Crippen molar-refractivity contribution >= 4 is 22.2 Å². The van der Waals surface area contributed by atoms with Crippen LogP contribution in [0.1, 0.15) is 18.4 Å². The first-order chi connectivity index (χ1) is 13.8. The number of hydrogen-bond donors (Lipinski definition) is 1. The molecule has 6 heteroatoms. The van der Waals surface area contributed by atoms with Crippen LogP contribution in [0.2, 0.25) is 0 Å². The van der Waals surface area contributed by atoms with Crippen LogP contribution in [0.3, 0.4) is 0 Å². The molecule has 140 valence electrons. The van der Waals surface area contributed by atoms with Crippen molar-refractivity contribution < 1.29 is 0 Å². The standard InChI is InChI=1S/C22H20N4OS/c27-21-18(20-14-28-22(25-20)16-5-7-23-8-6-16)12-17-4-3-15(11-19(17)24-21)13-26-9-1-2-10-26/h3-8,11-12,14H,1-2,9-10,13H2,(H,24,27). The molecule has 1 aromatic carbocycles. The molecule has 0 unspecified atom stereocenters. The average molecular weight is 388 g/mol. The van der Waals surface area contributed by atoms with Crippen LogP contribution >= 0.6 is 11.3 Å². The predicted octanol–water partition coefficient (Wildman–Crippen LogP) is 4.31. The fourth-order valence-corrected chi connectivity index (χ4v) is 4.59. The summed E-state index contributed by atoms with van der Waals surface area (Å²) in [6.45, 7) is 3.27. The summed E-state index contributed by atoms with van der Waals surface area (Å²) in [5, 5.41) is 3.85. The molecule has 0 spiro atoms. The van der Waals surface area contributed by atoms with Gasteiger partial charge in [-0.2, -0.15) is 0 Å². The topological polar surface area (TPSA) is 61.9 Å². The molecule has 4 heterocycles. The molecule has 0 atom stereocenters. The van der Waals surface area contributed by atoms with Crippen molar-refractivity contribution in [1.29, 1.82) is 0 Å². The third kappa shape index (κ3) is 3.37. The number of aromatic nitrogens is 3. The van der Waals surface area contributed by atoms with Crippen molar-refractivity contribution in [3.63, 3.8) is 0 Å². The number of benzene rings is 1. The predicted molar refractivity (Wildman–Crippen MR) is 113 cm³/mol. The van der Waals surface area contributed by atoms with Gasteiger partial charge in [0.1, 0.15) is 5.01 Å². The monoisotopic (exact) mass is 388 g/mol. The van der Waals surface area contributed by atoms with Crippen molar-refractivity contribution in [1.82, 2.24) is 19.9 Å². The number of nitrogens with one attached hydrogen (secondary N) is 1. The third-order valence-corrected chi connectivity index (χ3v) is 6.11. The summed E-state index contributed by atoms with van der Waals surface area (Å²) in [6, 6.07) is 12.1. The highest BCUT2D eigenvalue weighted by atomic mass is 32.1. The maximum atomic E-state index is 12.7. The highest BCUT2D eigenvalue weighted by Crippen LogP contribution is 2.28. The molecule has 3 aromatic heterocycles. The van der Waals surface area contributed by atoms with Crippen LogP contribution in [-0.4, -0.2) is 32.9 Å². The van der Waals surface area contributed by atoms with Gasteiger partial charge in [0.05, 0.1) is 11.3 Å². The van der Waals surface area contributed by atoms with Gasteiger partial charge in [0.2, 0.25) is 0 Å². The Morgan fingerprint density at radius 1 is 1.07 bits per heavy atom. The normalized spacial score (nSPS) is 14.7. The van der Waals surface area contributed by atoms with E-state index in [4.69, 9.17) is 0 Å². The van der Waals surface area contributed by atoms with Gasteiger partial charge in [-0.15, -0.1) is 11.3 Å². The lowest BCUT2D eigenvalue weighted by Crippen LogP contribution is -2.18. The molecular formula is C22H20N4OS. The van der Waals surface area contributed by atoms with E-state index < -0.39 is 0 Å². The van der Waals surface area contributed by atoms with Gasteiger partial charge in [-0.1, -0.05) is 12.1 Å². The number of hydrogen-bond acceptors (Lipinski definition) is 5. The van der Waals surface area contributed by atoms with Crippen molar-refractivity contribution in [2.75, 3.05) is 13.1 Å². The molecule has 4 aromatic rings. The Hall–Kier alpha value is -2.83. The Morgan fingerprint density at radius 3 is 2.71 bits per heavy atom. The molecule has 1 saturated heterocycles. The molecule has 5 rings (SSSR count). The van der Waals surface area contributed by atoms with Gasteiger partial charge in [-0.3, -0.25) is 14.7 Å². The molecule has 1 fully saturated rings. The summed E-state index contributed by atoms with van der Waals surface area (Å²) >= 11 is 1.53. The number of H-pyrrole nitrogens is 1. The molecule has 0 saturated carbocycles.